The minimum Gasteiger partial charge on any atom is -0.555 e. The van der Waals surface area contributed by atoms with E-state index in [-0.39, 0.29) is 0 Å². The van der Waals surface area contributed by atoms with Crippen LogP contribution in [0.15, 0.2) is 92.0 Å². The second-order valence-electron chi connectivity index (χ2n) is 16.4. The van der Waals surface area contributed by atoms with E-state index in [0.29, 0.717) is 60.9 Å². The second-order valence-corrected chi connectivity index (χ2v) is 16.4. The van der Waals surface area contributed by atoms with E-state index in [1.807, 2.05) is 88.7 Å². The Bertz CT molecular complexity index is 2660. The number of hydrogen-bond donors (Lipinski definition) is 5. The molecule has 9 rings (SSSR count). The summed E-state index contributed by atoms with van der Waals surface area (Å²) in [5, 5.41) is 29.6. The minimum atomic E-state index is 0.352. The summed E-state index contributed by atoms with van der Waals surface area (Å²) in [5.41, 5.74) is 12.6. The van der Waals surface area contributed by atoms with Crippen LogP contribution in [0.2, 0.25) is 11.6 Å². The average molecular weight is 904 g/mol. The first-order chi connectivity index (χ1) is 32.9. The molecule has 5 heterocycles. The zero-order valence-corrected chi connectivity index (χ0v) is 37.7. The molecule has 0 aliphatic heterocycles. The molecule has 0 atom stereocenters. The Morgan fingerprint density at radius 1 is 0.672 bits per heavy atom. The van der Waals surface area contributed by atoms with Gasteiger partial charge in [-0.25, -0.2) is 19.9 Å². The molecule has 2 saturated carbocycles. The fraction of sp³-hybridized carbons (Fsp3) is 0.370. The van der Waals surface area contributed by atoms with Gasteiger partial charge in [-0.2, -0.15) is 15.2 Å². The van der Waals surface area contributed by atoms with Gasteiger partial charge in [0.05, 0.1) is 72.8 Å². The van der Waals surface area contributed by atoms with Crippen LogP contribution in [0.4, 0.5) is 29.0 Å². The summed E-state index contributed by atoms with van der Waals surface area (Å²) in [6.45, 7) is 5.21. The van der Waals surface area contributed by atoms with Gasteiger partial charge in [-0.3, -0.25) is 24.7 Å². The lowest BCUT2D eigenvalue weighted by atomic mass is 9.69. The van der Waals surface area contributed by atoms with E-state index in [1.165, 1.54) is 0 Å². The van der Waals surface area contributed by atoms with Crippen molar-refractivity contribution in [1.82, 2.24) is 49.0 Å². The summed E-state index contributed by atoms with van der Waals surface area (Å²) >= 11 is 0. The number of nitrogens with one attached hydrogen (secondary N) is 4. The zero-order valence-electron chi connectivity index (χ0n) is 37.7. The predicted octanol–water partition coefficient (Wildman–Crippen LogP) is 8.44. The molecule has 0 bridgehead atoms. The first-order valence-electron chi connectivity index (χ1n) is 22.7. The first kappa shape index (κ1) is 46.1. The Balaban J connectivity index is 0.000000182. The summed E-state index contributed by atoms with van der Waals surface area (Å²) in [6, 6.07) is 16.5. The van der Waals surface area contributed by atoms with Gasteiger partial charge in [0.25, 0.3) is 0 Å². The average Bonchev–Trinajstić information content (AvgIpc) is 4.14. The molecule has 7 aromatic rings. The summed E-state index contributed by atoms with van der Waals surface area (Å²) in [7, 11) is 3.54. The molecular weight excluding hydrogens is 848 g/mol. The largest absolute Gasteiger partial charge is 0.555 e. The van der Waals surface area contributed by atoms with Crippen molar-refractivity contribution in [1.29, 1.82) is 10.8 Å². The Morgan fingerprint density at radius 3 is 1.73 bits per heavy atom. The second kappa shape index (κ2) is 22.6. The fourth-order valence-electron chi connectivity index (χ4n) is 8.39. The number of anilines is 5. The van der Waals surface area contributed by atoms with Gasteiger partial charge in [0.2, 0.25) is 11.9 Å². The normalized spacial score (nSPS) is 17.9. The summed E-state index contributed by atoms with van der Waals surface area (Å²) in [4.78, 5) is 22.5. The SMILES string of the molecule is CCOc1ccc(-n2cnc3cnc(Nc4cnn(C5CCC([B]OC=N)CC5)c4)nc32)cc1.CCOc1ccc(Cc2nc(Nc3cnn(C4CCC([B]OC=N)CC4)c3)ncc2N)cc1. The third-order valence-corrected chi connectivity index (χ3v) is 11.8. The molecule has 0 saturated heterocycles. The number of hydrogen-bond acceptors (Lipinski definition) is 16. The molecule has 2 fully saturated rings. The molecule has 19 nitrogen and oxygen atoms in total. The molecule has 6 N–H and O–H groups in total. The number of benzene rings is 2. The van der Waals surface area contributed by atoms with E-state index in [4.69, 9.17) is 40.3 Å². The van der Waals surface area contributed by atoms with Crippen LogP contribution >= 0.6 is 0 Å². The number of ether oxygens (including phenoxy) is 2. The maximum atomic E-state index is 6.98. The molecule has 21 heteroatoms. The molecule has 2 aliphatic carbocycles. The van der Waals surface area contributed by atoms with Crippen molar-refractivity contribution >= 4 is 67.9 Å². The van der Waals surface area contributed by atoms with E-state index >= 15 is 0 Å². The first-order valence-corrected chi connectivity index (χ1v) is 22.7. The quantitative estimate of drug-likeness (QED) is 0.0291. The molecule has 0 amide bonds. The molecule has 0 spiro atoms. The van der Waals surface area contributed by atoms with Crippen molar-refractivity contribution in [2.75, 3.05) is 29.6 Å². The number of nitrogens with zero attached hydrogens (tertiary/aromatic N) is 10. The van der Waals surface area contributed by atoms with Crippen LogP contribution in [-0.4, -0.2) is 90.0 Å². The predicted molar refractivity (Wildman–Crippen MR) is 259 cm³/mol. The number of nitrogen functional groups attached to an aromatic ring is 1. The molecule has 344 valence electrons. The Hall–Kier alpha value is -7.44. The molecule has 5 aromatic heterocycles. The van der Waals surface area contributed by atoms with Gasteiger partial charge in [0.1, 0.15) is 36.1 Å². The Kier molecular flexibility index (Phi) is 15.6. The van der Waals surface area contributed by atoms with Crippen molar-refractivity contribution in [2.24, 2.45) is 0 Å². The zero-order chi connectivity index (χ0) is 46.4. The highest BCUT2D eigenvalue weighted by atomic mass is 16.5. The van der Waals surface area contributed by atoms with Crippen LogP contribution in [0.3, 0.4) is 0 Å². The monoisotopic (exact) mass is 903 g/mol. The van der Waals surface area contributed by atoms with Gasteiger partial charge in [0, 0.05) is 24.5 Å². The molecule has 0 unspecified atom stereocenters. The topological polar surface area (TPSA) is 240 Å². The highest BCUT2D eigenvalue weighted by Gasteiger charge is 2.26. The van der Waals surface area contributed by atoms with Crippen LogP contribution in [-0.2, 0) is 15.7 Å². The third-order valence-electron chi connectivity index (χ3n) is 11.8. The van der Waals surface area contributed by atoms with Crippen molar-refractivity contribution < 1.29 is 18.8 Å². The maximum absolute atomic E-state index is 6.98. The minimum absolute atomic E-state index is 0.352. The van der Waals surface area contributed by atoms with Crippen LogP contribution < -0.4 is 25.8 Å². The number of nitrogens with two attached hydrogens (primary N) is 1. The number of imidazole rings is 1. The van der Waals surface area contributed by atoms with Crippen molar-refractivity contribution in [3.63, 3.8) is 0 Å². The lowest BCUT2D eigenvalue weighted by Gasteiger charge is -2.27. The van der Waals surface area contributed by atoms with Gasteiger partial charge in [0.15, 0.2) is 5.65 Å². The van der Waals surface area contributed by atoms with Crippen molar-refractivity contribution in [2.45, 2.75) is 95.4 Å². The molecule has 2 aliphatic rings. The van der Waals surface area contributed by atoms with E-state index in [0.717, 1.165) is 115 Å². The standard InChI is InChI=1S/C23H26BN8O2.C23H29BN7O2/c1-2-33-20-9-7-18(8-10-20)31-15-27-21-12-26-23(30-22(21)31)29-17-11-28-32(13-17)19-5-3-16(4-6-19)24-34-14-25;1-2-32-20-9-3-16(4-10-20)11-22-21(26)13-27-23(30-22)29-18-12-28-31(14-18)19-7-5-17(6-8-19)24-33-15-25/h7-16,19,25H,2-6H2,1H3,(H,26,29,30);3-4,9-10,12-15,17,19,25H,2,5-8,11,26H2,1H3,(H,27,29,30). The van der Waals surface area contributed by atoms with Gasteiger partial charge in [-0.1, -0.05) is 37.8 Å². The van der Waals surface area contributed by atoms with Gasteiger partial charge in [-0.15, -0.1) is 0 Å². The molecular formula is C46H55B2N15O4. The van der Waals surface area contributed by atoms with Gasteiger partial charge in [-0.05, 0) is 93.1 Å². The van der Waals surface area contributed by atoms with Gasteiger partial charge < -0.3 is 35.1 Å². The smallest absolute Gasteiger partial charge is 0.374 e. The fourth-order valence-corrected chi connectivity index (χ4v) is 8.39. The van der Waals surface area contributed by atoms with E-state index in [9.17, 15) is 0 Å². The number of rotatable bonds is 19. The maximum Gasteiger partial charge on any atom is 0.374 e. The Labute approximate surface area is 390 Å². The number of fused-ring (bicyclic) bond motifs is 1. The highest BCUT2D eigenvalue weighted by molar-refractivity contribution is 6.32. The summed E-state index contributed by atoms with van der Waals surface area (Å²) in [6.07, 6.45) is 23.4. The highest BCUT2D eigenvalue weighted by Crippen LogP contribution is 2.37. The summed E-state index contributed by atoms with van der Waals surface area (Å²) < 4.78 is 27.0. The Morgan fingerprint density at radius 2 is 1.19 bits per heavy atom. The van der Waals surface area contributed by atoms with Crippen molar-refractivity contribution in [3.05, 3.63) is 103 Å². The number of aromatic nitrogens is 10. The van der Waals surface area contributed by atoms with Crippen LogP contribution in [0.5, 0.6) is 11.5 Å². The van der Waals surface area contributed by atoms with Crippen LogP contribution in [0.1, 0.15) is 88.6 Å². The molecule has 2 radical (unpaired) electrons. The van der Waals surface area contributed by atoms with Gasteiger partial charge >= 0.3 is 15.0 Å². The molecule has 2 aromatic carbocycles. The lowest BCUT2D eigenvalue weighted by Crippen LogP contribution is -2.19. The van der Waals surface area contributed by atoms with E-state index in [2.05, 4.69) is 40.8 Å². The molecule has 67 heavy (non-hydrogen) atoms. The third kappa shape index (κ3) is 12.3. The lowest BCUT2D eigenvalue weighted by molar-refractivity contribution is 0.322. The van der Waals surface area contributed by atoms with E-state index < -0.39 is 0 Å². The van der Waals surface area contributed by atoms with Crippen LogP contribution in [0.25, 0.3) is 16.9 Å². The van der Waals surface area contributed by atoms with E-state index in [1.54, 1.807) is 46.1 Å². The van der Waals surface area contributed by atoms with Crippen LogP contribution in [0, 0.1) is 10.8 Å². The van der Waals surface area contributed by atoms with Crippen molar-refractivity contribution in [3.8, 4) is 17.2 Å². The summed E-state index contributed by atoms with van der Waals surface area (Å²) in [5.74, 6) is 3.45.